The van der Waals surface area contributed by atoms with Crippen molar-refractivity contribution in [2.75, 3.05) is 52.8 Å². The second-order valence-corrected chi connectivity index (χ2v) is 8.58. The first-order valence-electron chi connectivity index (χ1n) is 10.9. The van der Waals surface area contributed by atoms with Crippen molar-refractivity contribution in [3.63, 3.8) is 0 Å². The molecule has 0 radical (unpaired) electrons. The van der Waals surface area contributed by atoms with Gasteiger partial charge in [0.05, 0.1) is 26.8 Å². The molecule has 2 aromatic rings. The van der Waals surface area contributed by atoms with Crippen LogP contribution in [0.2, 0.25) is 0 Å². The first-order chi connectivity index (χ1) is 14.9. The Morgan fingerprint density at radius 2 is 1.94 bits per heavy atom. The fourth-order valence-electron chi connectivity index (χ4n) is 4.66. The number of aromatic nitrogens is 2. The van der Waals surface area contributed by atoms with Crippen LogP contribution in [0, 0.1) is 6.92 Å². The first kappa shape index (κ1) is 21.5. The monoisotopic (exact) mass is 427 g/mol. The number of nitrogens with zero attached hydrogens (tertiary/aromatic N) is 5. The zero-order valence-electron chi connectivity index (χ0n) is 19.2. The van der Waals surface area contributed by atoms with E-state index in [1.807, 2.05) is 20.0 Å². The minimum atomic E-state index is -0.289. The fraction of sp³-hybridized carbons (Fsp3) is 0.565. The minimum Gasteiger partial charge on any atom is -0.496 e. The van der Waals surface area contributed by atoms with Crippen molar-refractivity contribution in [3.8, 4) is 5.75 Å². The van der Waals surface area contributed by atoms with E-state index in [9.17, 15) is 4.79 Å². The summed E-state index contributed by atoms with van der Waals surface area (Å²) in [5.41, 5.74) is 4.46. The predicted octanol–water partition coefficient (Wildman–Crippen LogP) is 3.36. The molecule has 1 aromatic carbocycles. The number of fused-ring (bicyclic) bond motifs is 1. The Morgan fingerprint density at radius 1 is 1.19 bits per heavy atom. The Bertz CT molecular complexity index is 949. The molecule has 2 aliphatic rings. The summed E-state index contributed by atoms with van der Waals surface area (Å²) in [7, 11) is 7.33. The zero-order valence-corrected chi connectivity index (χ0v) is 19.2. The zero-order chi connectivity index (χ0) is 22.1. The Labute approximate surface area is 184 Å². The van der Waals surface area contributed by atoms with Crippen LogP contribution in [0.25, 0.3) is 0 Å². The van der Waals surface area contributed by atoms with Gasteiger partial charge >= 0.3 is 6.09 Å². The van der Waals surface area contributed by atoms with Crippen LogP contribution in [0.4, 0.5) is 16.3 Å². The number of hydrogen-bond donors (Lipinski definition) is 0. The maximum atomic E-state index is 12.2. The number of amides is 1. The number of aryl methyl sites for hydroxylation is 1. The Balaban J connectivity index is 1.73. The van der Waals surface area contributed by atoms with Gasteiger partial charge in [-0.2, -0.15) is 5.10 Å². The summed E-state index contributed by atoms with van der Waals surface area (Å²) in [5, 5.41) is 5.12. The second-order valence-electron chi connectivity index (χ2n) is 8.58. The van der Waals surface area contributed by atoms with Crippen LogP contribution >= 0.6 is 0 Å². The highest BCUT2D eigenvalue weighted by Gasteiger charge is 2.32. The third-order valence-corrected chi connectivity index (χ3v) is 6.63. The SMILES string of the molecule is COC(=O)N1CCc2c(c(N(C)c3ccc(C)c(OC)c3)nn2C2CCN(C)CC2)C1. The predicted molar refractivity (Wildman–Crippen MR) is 120 cm³/mol. The van der Waals surface area contributed by atoms with Gasteiger partial charge in [-0.1, -0.05) is 6.07 Å². The van der Waals surface area contributed by atoms with Gasteiger partial charge in [0.2, 0.25) is 0 Å². The van der Waals surface area contributed by atoms with Gasteiger partial charge in [-0.05, 0) is 51.5 Å². The van der Waals surface area contributed by atoms with Crippen LogP contribution in [0.5, 0.6) is 5.75 Å². The molecule has 0 N–H and O–H groups in total. The van der Waals surface area contributed by atoms with Gasteiger partial charge in [-0.3, -0.25) is 4.68 Å². The molecule has 2 aliphatic heterocycles. The second kappa shape index (κ2) is 8.78. The lowest BCUT2D eigenvalue weighted by Crippen LogP contribution is -2.37. The van der Waals surface area contributed by atoms with E-state index >= 15 is 0 Å². The summed E-state index contributed by atoms with van der Waals surface area (Å²) in [6, 6.07) is 6.58. The lowest BCUT2D eigenvalue weighted by molar-refractivity contribution is 0.118. The van der Waals surface area contributed by atoms with Crippen LogP contribution < -0.4 is 9.64 Å². The summed E-state index contributed by atoms with van der Waals surface area (Å²) >= 11 is 0. The largest absolute Gasteiger partial charge is 0.496 e. The normalized spacial score (nSPS) is 17.4. The maximum Gasteiger partial charge on any atom is 0.409 e. The summed E-state index contributed by atoms with van der Waals surface area (Å²) in [5.74, 6) is 1.75. The molecule has 0 spiro atoms. The number of rotatable bonds is 4. The molecule has 31 heavy (non-hydrogen) atoms. The van der Waals surface area contributed by atoms with Gasteiger partial charge in [0.25, 0.3) is 0 Å². The molecule has 1 amide bonds. The van der Waals surface area contributed by atoms with E-state index in [0.717, 1.165) is 60.7 Å². The van der Waals surface area contributed by atoms with Crippen LogP contribution in [0.15, 0.2) is 18.2 Å². The molecule has 1 fully saturated rings. The number of hydrogen-bond acceptors (Lipinski definition) is 6. The fourth-order valence-corrected chi connectivity index (χ4v) is 4.66. The standard InChI is InChI=1S/C23H33N5O3/c1-16-6-7-18(14-21(16)30-4)26(3)22-19-15-27(23(29)31-5)13-10-20(19)28(24-22)17-8-11-25(2)12-9-17/h6-7,14,17H,8-13,15H2,1-5H3. The third-order valence-electron chi connectivity index (χ3n) is 6.63. The van der Waals surface area contributed by atoms with Gasteiger partial charge < -0.3 is 24.2 Å². The highest BCUT2D eigenvalue weighted by Crippen LogP contribution is 2.37. The third kappa shape index (κ3) is 4.08. The molecule has 4 rings (SSSR count). The quantitative estimate of drug-likeness (QED) is 0.746. The lowest BCUT2D eigenvalue weighted by atomic mass is 10.0. The highest BCUT2D eigenvalue weighted by molar-refractivity contribution is 5.70. The summed E-state index contributed by atoms with van der Waals surface area (Å²) in [4.78, 5) is 18.5. The average molecular weight is 428 g/mol. The maximum absolute atomic E-state index is 12.2. The number of likely N-dealkylation sites (tertiary alicyclic amines) is 1. The molecule has 168 valence electrons. The lowest BCUT2D eigenvalue weighted by Gasteiger charge is -2.32. The van der Waals surface area contributed by atoms with Crippen LogP contribution in [-0.4, -0.2) is 73.6 Å². The van der Waals surface area contributed by atoms with Gasteiger partial charge in [-0.25, -0.2) is 4.79 Å². The molecule has 0 unspecified atom stereocenters. The average Bonchev–Trinajstić information content (AvgIpc) is 3.17. The number of piperidine rings is 1. The number of carbonyl (C=O) groups is 1. The van der Waals surface area contributed by atoms with Crippen molar-refractivity contribution >= 4 is 17.6 Å². The molecule has 8 heteroatoms. The van der Waals surface area contributed by atoms with Gasteiger partial charge in [0, 0.05) is 43.0 Å². The minimum absolute atomic E-state index is 0.289. The van der Waals surface area contributed by atoms with Crippen molar-refractivity contribution < 1.29 is 14.3 Å². The molecular weight excluding hydrogens is 394 g/mol. The molecule has 0 saturated carbocycles. The van der Waals surface area contributed by atoms with Gasteiger partial charge in [0.1, 0.15) is 5.75 Å². The number of anilines is 2. The summed E-state index contributed by atoms with van der Waals surface area (Å²) in [6.07, 6.45) is 2.68. The Kier molecular flexibility index (Phi) is 6.09. The van der Waals surface area contributed by atoms with Crippen molar-refractivity contribution in [1.82, 2.24) is 19.6 Å². The molecule has 0 bridgehead atoms. The van der Waals surface area contributed by atoms with E-state index in [2.05, 4.69) is 33.7 Å². The molecule has 0 aliphatic carbocycles. The van der Waals surface area contributed by atoms with E-state index in [-0.39, 0.29) is 6.09 Å². The van der Waals surface area contributed by atoms with Crippen LogP contribution in [0.3, 0.4) is 0 Å². The molecule has 3 heterocycles. The number of benzene rings is 1. The van der Waals surface area contributed by atoms with Crippen molar-refractivity contribution in [2.24, 2.45) is 0 Å². The summed E-state index contributed by atoms with van der Waals surface area (Å²) in [6.45, 7) is 5.35. The topological polar surface area (TPSA) is 63.1 Å². The summed E-state index contributed by atoms with van der Waals surface area (Å²) < 4.78 is 12.8. The van der Waals surface area contributed by atoms with E-state index < -0.39 is 0 Å². The molecule has 0 atom stereocenters. The van der Waals surface area contributed by atoms with Crippen LogP contribution in [-0.2, 0) is 17.7 Å². The number of ether oxygens (including phenoxy) is 2. The Hall–Kier alpha value is -2.74. The number of methoxy groups -OCH3 is 2. The van der Waals surface area contributed by atoms with Gasteiger partial charge in [-0.15, -0.1) is 0 Å². The van der Waals surface area contributed by atoms with Crippen molar-refractivity contribution in [1.29, 1.82) is 0 Å². The van der Waals surface area contributed by atoms with E-state index in [4.69, 9.17) is 14.6 Å². The number of carbonyl (C=O) groups excluding carboxylic acids is 1. The Morgan fingerprint density at radius 3 is 2.61 bits per heavy atom. The van der Waals surface area contributed by atoms with Crippen molar-refractivity contribution in [3.05, 3.63) is 35.0 Å². The van der Waals surface area contributed by atoms with Gasteiger partial charge in [0.15, 0.2) is 5.82 Å². The van der Waals surface area contributed by atoms with Crippen LogP contribution in [0.1, 0.15) is 35.7 Å². The van der Waals surface area contributed by atoms with E-state index in [0.29, 0.717) is 19.1 Å². The van der Waals surface area contributed by atoms with E-state index in [1.165, 1.54) is 12.8 Å². The smallest absolute Gasteiger partial charge is 0.409 e. The van der Waals surface area contributed by atoms with E-state index in [1.54, 1.807) is 12.0 Å². The molecular formula is C23H33N5O3. The van der Waals surface area contributed by atoms with Crippen molar-refractivity contribution in [2.45, 2.75) is 38.8 Å². The molecule has 1 saturated heterocycles. The first-order valence-corrected chi connectivity index (χ1v) is 10.9. The highest BCUT2D eigenvalue weighted by atomic mass is 16.5. The molecule has 1 aromatic heterocycles. The molecule has 8 nitrogen and oxygen atoms in total.